The third-order valence-electron chi connectivity index (χ3n) is 1.34. The Hall–Kier alpha value is -1.02. The second-order valence-corrected chi connectivity index (χ2v) is 2.46. The second kappa shape index (κ2) is 4.74. The van der Waals surface area contributed by atoms with E-state index in [-0.39, 0.29) is 0 Å². The zero-order chi connectivity index (χ0) is 8.85. The Balaban J connectivity index is 4.22. The molecule has 0 bridgehead atoms. The van der Waals surface area contributed by atoms with Crippen LogP contribution in [0.15, 0.2) is 36.1 Å². The maximum Gasteiger partial charge on any atom is 0.0904 e. The van der Waals surface area contributed by atoms with E-state index >= 15 is 0 Å². The molecule has 0 aromatic heterocycles. The maximum absolute atomic E-state index is 8.96. The minimum atomic E-state index is -0.580. The van der Waals surface area contributed by atoms with Gasteiger partial charge in [0.25, 0.3) is 0 Å². The van der Waals surface area contributed by atoms with Crippen LogP contribution in [0.3, 0.4) is 0 Å². The lowest BCUT2D eigenvalue weighted by Crippen LogP contribution is -2.12. The van der Waals surface area contributed by atoms with E-state index in [0.29, 0.717) is 5.70 Å². The van der Waals surface area contributed by atoms with Crippen LogP contribution in [0.1, 0.15) is 13.8 Å². The van der Waals surface area contributed by atoms with Crippen molar-refractivity contribution in [1.82, 2.24) is 0 Å². The zero-order valence-corrected chi connectivity index (χ0v) is 7.04. The number of rotatable bonds is 3. The highest BCUT2D eigenvalue weighted by Gasteiger charge is 1.95. The molecule has 0 heterocycles. The molecule has 2 nitrogen and oxygen atoms in total. The number of allylic oxidation sites excluding steroid dienone is 4. The Kier molecular flexibility index (Phi) is 4.30. The lowest BCUT2D eigenvalue weighted by Gasteiger charge is -2.01. The molecule has 0 aliphatic rings. The third kappa shape index (κ3) is 4.39. The van der Waals surface area contributed by atoms with Crippen LogP contribution in [0.25, 0.3) is 0 Å². The van der Waals surface area contributed by atoms with Crippen LogP contribution in [-0.2, 0) is 0 Å². The average Bonchev–Trinajstić information content (AvgIpc) is 1.99. The van der Waals surface area contributed by atoms with Gasteiger partial charge in [0.2, 0.25) is 0 Å². The molecule has 0 saturated heterocycles. The molecular formula is C9H15NO. The van der Waals surface area contributed by atoms with Gasteiger partial charge < -0.3 is 10.8 Å². The van der Waals surface area contributed by atoms with Crippen molar-refractivity contribution in [1.29, 1.82) is 0 Å². The smallest absolute Gasteiger partial charge is 0.0904 e. The summed E-state index contributed by atoms with van der Waals surface area (Å²) in [5.74, 6) is 0. The van der Waals surface area contributed by atoms with Gasteiger partial charge in [-0.2, -0.15) is 0 Å². The highest BCUT2D eigenvalue weighted by atomic mass is 16.3. The molecule has 1 atom stereocenters. The quantitative estimate of drug-likeness (QED) is 0.601. The zero-order valence-electron chi connectivity index (χ0n) is 7.04. The molecule has 0 rings (SSSR count). The third-order valence-corrected chi connectivity index (χ3v) is 1.34. The van der Waals surface area contributed by atoms with Crippen LogP contribution in [0, 0.1) is 0 Å². The highest BCUT2D eigenvalue weighted by molar-refractivity contribution is 5.22. The Bertz CT molecular complexity index is 190. The first-order chi connectivity index (χ1) is 5.07. The minimum absolute atomic E-state index is 0.464. The Morgan fingerprint density at radius 3 is 2.45 bits per heavy atom. The number of hydrogen-bond acceptors (Lipinski definition) is 2. The standard InChI is InChI=1S/C9H15NO/c1-4-7(2)5-6-9(10)8(3)11/h4-6,8,11H,1,10H2,2-3H3/b7-5-,9-6+. The molecule has 3 N–H and O–H groups in total. The summed E-state index contributed by atoms with van der Waals surface area (Å²) < 4.78 is 0. The number of hydrogen-bond donors (Lipinski definition) is 2. The molecule has 0 aromatic carbocycles. The van der Waals surface area contributed by atoms with Crippen LogP contribution in [0.5, 0.6) is 0 Å². The summed E-state index contributed by atoms with van der Waals surface area (Å²) in [6.07, 6.45) is 4.65. The molecule has 62 valence electrons. The van der Waals surface area contributed by atoms with Gasteiger partial charge in [0.05, 0.1) is 6.10 Å². The van der Waals surface area contributed by atoms with Gasteiger partial charge in [-0.25, -0.2) is 0 Å². The summed E-state index contributed by atoms with van der Waals surface area (Å²) in [5, 5.41) is 8.96. The highest BCUT2D eigenvalue weighted by Crippen LogP contribution is 1.97. The van der Waals surface area contributed by atoms with E-state index in [1.165, 1.54) is 0 Å². The molecule has 0 aliphatic carbocycles. The van der Waals surface area contributed by atoms with Crippen LogP contribution in [0.4, 0.5) is 0 Å². The van der Waals surface area contributed by atoms with Gasteiger partial charge in [0, 0.05) is 5.70 Å². The number of aliphatic hydroxyl groups is 1. The molecule has 0 fully saturated rings. The number of aliphatic hydroxyl groups excluding tert-OH is 1. The predicted octanol–water partition coefficient (Wildman–Crippen LogP) is 1.34. The topological polar surface area (TPSA) is 46.2 Å². The van der Waals surface area contributed by atoms with Crippen molar-refractivity contribution in [3.05, 3.63) is 36.1 Å². The van der Waals surface area contributed by atoms with E-state index in [4.69, 9.17) is 10.8 Å². The fourth-order valence-corrected chi connectivity index (χ4v) is 0.435. The first-order valence-corrected chi connectivity index (χ1v) is 3.52. The molecule has 1 unspecified atom stereocenters. The van der Waals surface area contributed by atoms with Gasteiger partial charge >= 0.3 is 0 Å². The molecular weight excluding hydrogens is 138 g/mol. The Morgan fingerprint density at radius 2 is 2.09 bits per heavy atom. The summed E-state index contributed by atoms with van der Waals surface area (Å²) in [7, 11) is 0. The van der Waals surface area contributed by atoms with E-state index < -0.39 is 6.10 Å². The van der Waals surface area contributed by atoms with Gasteiger partial charge in [0.1, 0.15) is 0 Å². The van der Waals surface area contributed by atoms with E-state index in [2.05, 4.69) is 6.58 Å². The lowest BCUT2D eigenvalue weighted by molar-refractivity contribution is 0.230. The fourth-order valence-electron chi connectivity index (χ4n) is 0.435. The van der Waals surface area contributed by atoms with E-state index in [1.54, 1.807) is 19.1 Å². The van der Waals surface area contributed by atoms with Crippen molar-refractivity contribution in [3.8, 4) is 0 Å². The average molecular weight is 153 g/mol. The maximum atomic E-state index is 8.96. The predicted molar refractivity (Wildman–Crippen MR) is 47.9 cm³/mol. The van der Waals surface area contributed by atoms with E-state index in [9.17, 15) is 0 Å². The number of nitrogens with two attached hydrogens (primary N) is 1. The Morgan fingerprint density at radius 1 is 1.55 bits per heavy atom. The van der Waals surface area contributed by atoms with Crippen molar-refractivity contribution in [3.63, 3.8) is 0 Å². The molecule has 11 heavy (non-hydrogen) atoms. The lowest BCUT2D eigenvalue weighted by atomic mass is 10.2. The molecule has 0 amide bonds. The summed E-state index contributed by atoms with van der Waals surface area (Å²) in [6, 6.07) is 0. The summed E-state index contributed by atoms with van der Waals surface area (Å²) >= 11 is 0. The molecule has 0 aromatic rings. The molecule has 0 aliphatic heterocycles. The van der Waals surface area contributed by atoms with Gasteiger partial charge in [-0.1, -0.05) is 24.3 Å². The van der Waals surface area contributed by atoms with Gasteiger partial charge in [-0.3, -0.25) is 0 Å². The van der Waals surface area contributed by atoms with Crippen molar-refractivity contribution in [2.45, 2.75) is 20.0 Å². The van der Waals surface area contributed by atoms with Crippen molar-refractivity contribution >= 4 is 0 Å². The summed E-state index contributed by atoms with van der Waals surface area (Å²) in [6.45, 7) is 7.13. The van der Waals surface area contributed by atoms with Crippen molar-refractivity contribution in [2.24, 2.45) is 5.73 Å². The summed E-state index contributed by atoms with van der Waals surface area (Å²) in [5.41, 5.74) is 6.94. The van der Waals surface area contributed by atoms with Crippen molar-refractivity contribution in [2.75, 3.05) is 0 Å². The van der Waals surface area contributed by atoms with Crippen LogP contribution in [-0.4, -0.2) is 11.2 Å². The first-order valence-electron chi connectivity index (χ1n) is 3.52. The molecule has 0 saturated carbocycles. The van der Waals surface area contributed by atoms with E-state index in [1.807, 2.05) is 13.0 Å². The minimum Gasteiger partial charge on any atom is -0.400 e. The summed E-state index contributed by atoms with van der Waals surface area (Å²) in [4.78, 5) is 0. The van der Waals surface area contributed by atoms with Crippen LogP contribution in [0.2, 0.25) is 0 Å². The molecule has 0 radical (unpaired) electrons. The van der Waals surface area contributed by atoms with Crippen LogP contribution >= 0.6 is 0 Å². The first kappa shape index (κ1) is 9.98. The SMILES string of the molecule is C=C/C(C)=C\C=C(\N)C(C)O. The van der Waals surface area contributed by atoms with Gasteiger partial charge in [0.15, 0.2) is 0 Å². The van der Waals surface area contributed by atoms with Gasteiger partial charge in [-0.05, 0) is 19.9 Å². The van der Waals surface area contributed by atoms with Crippen LogP contribution < -0.4 is 5.73 Å². The van der Waals surface area contributed by atoms with Gasteiger partial charge in [-0.15, -0.1) is 0 Å². The Labute approximate surface area is 67.7 Å². The second-order valence-electron chi connectivity index (χ2n) is 2.46. The molecule has 2 heteroatoms. The van der Waals surface area contributed by atoms with E-state index in [0.717, 1.165) is 5.57 Å². The fraction of sp³-hybridized carbons (Fsp3) is 0.333. The largest absolute Gasteiger partial charge is 0.400 e. The molecule has 0 spiro atoms. The van der Waals surface area contributed by atoms with Crippen molar-refractivity contribution < 1.29 is 5.11 Å². The normalized spacial score (nSPS) is 16.3. The monoisotopic (exact) mass is 153 g/mol.